The van der Waals surface area contributed by atoms with Crippen molar-refractivity contribution in [2.75, 3.05) is 6.61 Å². The summed E-state index contributed by atoms with van der Waals surface area (Å²) >= 11 is 0. The summed E-state index contributed by atoms with van der Waals surface area (Å²) in [5.74, 6) is -0.237. The molecule has 0 saturated carbocycles. The van der Waals surface area contributed by atoms with Gasteiger partial charge in [-0.3, -0.25) is 14.4 Å². The lowest BCUT2D eigenvalue weighted by atomic mass is 10.0. The van der Waals surface area contributed by atoms with Gasteiger partial charge in [-0.1, -0.05) is 69.0 Å². The Morgan fingerprint density at radius 3 is 1.96 bits per heavy atom. The third kappa shape index (κ3) is 11.4. The fourth-order valence-electron chi connectivity index (χ4n) is 5.07. The number of carbonyl (C=O) groups is 3. The highest BCUT2D eigenvalue weighted by atomic mass is 16.5. The minimum atomic E-state index is -1.18. The van der Waals surface area contributed by atoms with Crippen molar-refractivity contribution in [2.24, 2.45) is 0 Å². The third-order valence-electron chi connectivity index (χ3n) is 7.85. The van der Waals surface area contributed by atoms with Crippen LogP contribution in [0.25, 0.3) is 22.5 Å². The van der Waals surface area contributed by atoms with Gasteiger partial charge >= 0.3 is 5.97 Å². The predicted molar refractivity (Wildman–Crippen MR) is 190 cm³/mol. The number of carboxylic acid groups (broad SMARTS) is 1. The molecule has 0 aliphatic rings. The van der Waals surface area contributed by atoms with Crippen molar-refractivity contribution in [3.8, 4) is 34.0 Å². The first-order valence-electron chi connectivity index (χ1n) is 16.9. The van der Waals surface area contributed by atoms with Crippen LogP contribution in [0.2, 0.25) is 0 Å². The van der Waals surface area contributed by atoms with Crippen molar-refractivity contribution < 1.29 is 29.0 Å². The van der Waals surface area contributed by atoms with Gasteiger partial charge < -0.3 is 25.2 Å². The van der Waals surface area contributed by atoms with Gasteiger partial charge in [0.1, 0.15) is 23.6 Å². The smallest absolute Gasteiger partial charge is 0.325 e. The SMILES string of the molecule is CCCCCCCOc1ccc(-c2cnc(-c3ccc(C[C@H](NC(=O)c4ccc(OC(C)C)cc4)C(=O)N[C@H](C)C(=O)O)cc3)nc2)cc1. The number of hydrogen-bond acceptors (Lipinski definition) is 7. The second-order valence-corrected chi connectivity index (χ2v) is 12.3. The van der Waals surface area contributed by atoms with Crippen molar-refractivity contribution >= 4 is 17.8 Å². The van der Waals surface area contributed by atoms with E-state index in [0.29, 0.717) is 17.1 Å². The summed E-state index contributed by atoms with van der Waals surface area (Å²) in [6, 6.07) is 19.7. The summed E-state index contributed by atoms with van der Waals surface area (Å²) in [6.45, 7) is 8.11. The molecule has 0 radical (unpaired) electrons. The molecule has 0 spiro atoms. The maximum absolute atomic E-state index is 13.1. The number of ether oxygens (including phenoxy) is 2. The number of benzene rings is 3. The van der Waals surface area contributed by atoms with Crippen molar-refractivity contribution in [1.29, 1.82) is 0 Å². The molecule has 0 bridgehead atoms. The number of rotatable bonds is 18. The molecule has 0 unspecified atom stereocenters. The molecule has 0 aliphatic heterocycles. The van der Waals surface area contributed by atoms with Gasteiger partial charge in [-0.2, -0.15) is 0 Å². The summed E-state index contributed by atoms with van der Waals surface area (Å²) in [5.41, 5.74) is 3.75. The Balaban J connectivity index is 1.39. The number of carboxylic acids is 1. The van der Waals surface area contributed by atoms with Crippen LogP contribution in [0, 0.1) is 0 Å². The molecule has 10 heteroatoms. The van der Waals surface area contributed by atoms with Crippen LogP contribution >= 0.6 is 0 Å². The maximum Gasteiger partial charge on any atom is 0.325 e. The number of carbonyl (C=O) groups excluding carboxylic acids is 2. The highest BCUT2D eigenvalue weighted by Crippen LogP contribution is 2.24. The zero-order chi connectivity index (χ0) is 35.2. The molecule has 49 heavy (non-hydrogen) atoms. The standard InChI is InChI=1S/C39H46N4O6/c1-5-6-7-8-9-22-48-33-18-14-29(15-19-33)32-24-40-36(41-25-32)30-12-10-28(11-13-30)23-35(38(45)42-27(4)39(46)47)43-37(44)31-16-20-34(21-17-31)49-26(2)3/h10-21,24-27,35H,5-9,22-23H2,1-4H3,(H,42,45)(H,43,44)(H,46,47)/t27-,35+/m1/s1. The minimum Gasteiger partial charge on any atom is -0.494 e. The molecule has 3 N–H and O–H groups in total. The number of aromatic nitrogens is 2. The first kappa shape index (κ1) is 36.6. The van der Waals surface area contributed by atoms with Gasteiger partial charge in [0.05, 0.1) is 12.7 Å². The largest absolute Gasteiger partial charge is 0.494 e. The van der Waals surface area contributed by atoms with Gasteiger partial charge in [0.15, 0.2) is 5.82 Å². The van der Waals surface area contributed by atoms with E-state index in [9.17, 15) is 19.5 Å². The monoisotopic (exact) mass is 666 g/mol. The van der Waals surface area contributed by atoms with Crippen LogP contribution in [0.4, 0.5) is 0 Å². The van der Waals surface area contributed by atoms with Gasteiger partial charge in [-0.15, -0.1) is 0 Å². The number of nitrogens with zero attached hydrogens (tertiary/aromatic N) is 2. The molecule has 2 amide bonds. The lowest BCUT2D eigenvalue weighted by molar-refractivity contribution is -0.141. The van der Waals surface area contributed by atoms with Crippen LogP contribution in [0.5, 0.6) is 11.5 Å². The van der Waals surface area contributed by atoms with Crippen LogP contribution in [-0.2, 0) is 16.0 Å². The number of nitrogens with one attached hydrogen (secondary N) is 2. The lowest BCUT2D eigenvalue weighted by Gasteiger charge is -2.20. The molecule has 1 heterocycles. The molecule has 0 aliphatic carbocycles. The van der Waals surface area contributed by atoms with E-state index in [4.69, 9.17) is 9.47 Å². The molecular weight excluding hydrogens is 620 g/mol. The van der Waals surface area contributed by atoms with E-state index in [-0.39, 0.29) is 12.5 Å². The molecule has 4 rings (SSSR count). The Labute approximate surface area is 288 Å². The van der Waals surface area contributed by atoms with Crippen LogP contribution in [0.3, 0.4) is 0 Å². The number of hydrogen-bond donors (Lipinski definition) is 3. The normalized spacial score (nSPS) is 12.2. The summed E-state index contributed by atoms with van der Waals surface area (Å²) < 4.78 is 11.5. The summed E-state index contributed by atoms with van der Waals surface area (Å²) in [7, 11) is 0. The second kappa shape index (κ2) is 18.3. The highest BCUT2D eigenvalue weighted by Gasteiger charge is 2.25. The van der Waals surface area contributed by atoms with Crippen LogP contribution in [0.15, 0.2) is 85.2 Å². The Morgan fingerprint density at radius 2 is 1.35 bits per heavy atom. The Bertz CT molecular complexity index is 1640. The molecule has 10 nitrogen and oxygen atoms in total. The fraction of sp³-hybridized carbons (Fsp3) is 0.359. The van der Waals surface area contributed by atoms with Gasteiger partial charge in [-0.25, -0.2) is 9.97 Å². The Hall–Kier alpha value is -5.25. The number of unbranched alkanes of at least 4 members (excludes halogenated alkanes) is 4. The predicted octanol–water partition coefficient (Wildman–Crippen LogP) is 6.88. The van der Waals surface area contributed by atoms with Crippen molar-refractivity contribution in [2.45, 2.75) is 84.4 Å². The van der Waals surface area contributed by atoms with E-state index in [1.807, 2.05) is 62.4 Å². The fourth-order valence-corrected chi connectivity index (χ4v) is 5.07. The van der Waals surface area contributed by atoms with Crippen LogP contribution in [-0.4, -0.2) is 57.7 Å². The lowest BCUT2D eigenvalue weighted by Crippen LogP contribution is -2.51. The van der Waals surface area contributed by atoms with E-state index in [2.05, 4.69) is 27.5 Å². The van der Waals surface area contributed by atoms with Crippen molar-refractivity contribution in [3.63, 3.8) is 0 Å². The summed E-state index contributed by atoms with van der Waals surface area (Å²) in [4.78, 5) is 46.7. The second-order valence-electron chi connectivity index (χ2n) is 12.3. The summed E-state index contributed by atoms with van der Waals surface area (Å²) in [5, 5.41) is 14.5. The molecule has 0 fully saturated rings. The van der Waals surface area contributed by atoms with Crippen LogP contribution in [0.1, 0.15) is 75.7 Å². The van der Waals surface area contributed by atoms with Gasteiger partial charge in [0, 0.05) is 35.5 Å². The first-order valence-corrected chi connectivity index (χ1v) is 16.9. The van der Waals surface area contributed by atoms with Gasteiger partial charge in [0.2, 0.25) is 5.91 Å². The van der Waals surface area contributed by atoms with Gasteiger partial charge in [0.25, 0.3) is 5.91 Å². The average molecular weight is 667 g/mol. The Kier molecular flexibility index (Phi) is 13.7. The highest BCUT2D eigenvalue weighted by molar-refractivity contribution is 5.98. The zero-order valence-corrected chi connectivity index (χ0v) is 28.6. The Morgan fingerprint density at radius 1 is 0.735 bits per heavy atom. The molecular formula is C39H46N4O6. The molecule has 2 atom stereocenters. The van der Waals surface area contributed by atoms with E-state index in [1.165, 1.54) is 32.6 Å². The third-order valence-corrected chi connectivity index (χ3v) is 7.85. The molecule has 4 aromatic rings. The topological polar surface area (TPSA) is 140 Å². The average Bonchev–Trinajstić information content (AvgIpc) is 3.10. The van der Waals surface area contributed by atoms with Crippen molar-refractivity contribution in [3.05, 3.63) is 96.3 Å². The number of aliphatic carboxylic acids is 1. The van der Waals surface area contributed by atoms with E-state index in [1.54, 1.807) is 36.7 Å². The minimum absolute atomic E-state index is 0.0143. The molecule has 3 aromatic carbocycles. The molecule has 1 aromatic heterocycles. The van der Waals surface area contributed by atoms with Crippen molar-refractivity contribution in [1.82, 2.24) is 20.6 Å². The van der Waals surface area contributed by atoms with Crippen LogP contribution < -0.4 is 20.1 Å². The van der Waals surface area contributed by atoms with E-state index >= 15 is 0 Å². The zero-order valence-electron chi connectivity index (χ0n) is 28.6. The van der Waals surface area contributed by atoms with E-state index in [0.717, 1.165) is 41.0 Å². The first-order chi connectivity index (χ1) is 23.6. The molecule has 0 saturated heterocycles. The summed E-state index contributed by atoms with van der Waals surface area (Å²) in [6.07, 6.45) is 9.67. The quantitative estimate of drug-likeness (QED) is 0.0977. The van der Waals surface area contributed by atoms with E-state index < -0.39 is 29.9 Å². The number of amides is 2. The van der Waals surface area contributed by atoms with Gasteiger partial charge in [-0.05, 0) is 74.7 Å². The molecule has 258 valence electrons. The maximum atomic E-state index is 13.1.